The van der Waals surface area contributed by atoms with Crippen LogP contribution in [0.3, 0.4) is 0 Å². The number of carbonyl (C=O) groups excluding carboxylic acids is 2. The predicted molar refractivity (Wildman–Crippen MR) is 198 cm³/mol. The Morgan fingerprint density at radius 2 is 1.12 bits per heavy atom. The van der Waals surface area contributed by atoms with Gasteiger partial charge in [-0.1, -0.05) is 90.9 Å². The molecule has 7 heteroatoms. The summed E-state index contributed by atoms with van der Waals surface area (Å²) >= 11 is 0. The Hall–Kier alpha value is -2.54. The number of furan rings is 2. The molecule has 0 saturated carbocycles. The van der Waals surface area contributed by atoms with Gasteiger partial charge >= 0.3 is 11.9 Å². The largest absolute Gasteiger partial charge is 0.466 e. The summed E-state index contributed by atoms with van der Waals surface area (Å²) in [6.07, 6.45) is 23.9. The summed E-state index contributed by atoms with van der Waals surface area (Å²) in [5.41, 5.74) is 3.94. The van der Waals surface area contributed by atoms with Crippen molar-refractivity contribution >= 4 is 11.9 Å². The predicted octanol–water partition coefficient (Wildman–Crippen LogP) is 11.0. The highest BCUT2D eigenvalue weighted by atomic mass is 16.6. The fourth-order valence-corrected chi connectivity index (χ4v) is 6.44. The summed E-state index contributed by atoms with van der Waals surface area (Å²) in [7, 11) is 0. The zero-order chi connectivity index (χ0) is 35.7. The molecule has 0 aromatic carbocycles. The first-order valence-corrected chi connectivity index (χ1v) is 19.9. The molecular formula is C42H70O7. The number of rotatable bonds is 30. The van der Waals surface area contributed by atoms with Crippen molar-refractivity contribution in [3.05, 3.63) is 45.8 Å². The maximum absolute atomic E-state index is 12.2. The Kier molecular flexibility index (Phi) is 22.9. The average molecular weight is 687 g/mol. The highest BCUT2D eigenvalue weighted by molar-refractivity contribution is 5.70. The van der Waals surface area contributed by atoms with Gasteiger partial charge in [-0.05, 0) is 82.1 Å². The van der Waals surface area contributed by atoms with Crippen LogP contribution in [0.1, 0.15) is 182 Å². The van der Waals surface area contributed by atoms with Gasteiger partial charge in [-0.15, -0.1) is 0 Å². The molecule has 0 aliphatic carbocycles. The highest BCUT2D eigenvalue weighted by Crippen LogP contribution is 2.25. The van der Waals surface area contributed by atoms with Crippen LogP contribution >= 0.6 is 0 Å². The van der Waals surface area contributed by atoms with Gasteiger partial charge in [-0.25, -0.2) is 0 Å². The van der Waals surface area contributed by atoms with Crippen LogP contribution in [0.2, 0.25) is 0 Å². The fourth-order valence-electron chi connectivity index (χ4n) is 6.44. The number of aryl methyl sites for hydroxylation is 5. The summed E-state index contributed by atoms with van der Waals surface area (Å²) in [6.45, 7) is 10.5. The van der Waals surface area contributed by atoms with Crippen molar-refractivity contribution in [1.82, 2.24) is 0 Å². The fraction of sp³-hybridized carbons (Fsp3) is 0.762. The molecule has 0 aliphatic heterocycles. The number of esters is 2. The van der Waals surface area contributed by atoms with E-state index < -0.39 is 6.10 Å². The monoisotopic (exact) mass is 687 g/mol. The minimum absolute atomic E-state index is 0.0907. The molecule has 0 fully saturated rings. The van der Waals surface area contributed by atoms with Gasteiger partial charge in [0.15, 0.2) is 6.10 Å². The molecule has 1 N–H and O–H groups in total. The van der Waals surface area contributed by atoms with Crippen LogP contribution in [-0.2, 0) is 44.7 Å². The van der Waals surface area contributed by atoms with E-state index in [-0.39, 0.29) is 25.2 Å². The lowest BCUT2D eigenvalue weighted by atomic mass is 10.0. The van der Waals surface area contributed by atoms with Crippen molar-refractivity contribution in [1.29, 1.82) is 0 Å². The molecule has 0 unspecified atom stereocenters. The number of aliphatic hydroxyl groups excluding tert-OH is 1. The molecule has 0 aliphatic rings. The van der Waals surface area contributed by atoms with E-state index in [9.17, 15) is 14.7 Å². The van der Waals surface area contributed by atoms with Crippen LogP contribution < -0.4 is 0 Å². The van der Waals surface area contributed by atoms with Crippen LogP contribution in [0.4, 0.5) is 0 Å². The van der Waals surface area contributed by atoms with Gasteiger partial charge < -0.3 is 23.4 Å². The van der Waals surface area contributed by atoms with Crippen LogP contribution in [-0.4, -0.2) is 36.4 Å². The normalized spacial score (nSPS) is 12.0. The third-order valence-corrected chi connectivity index (χ3v) is 9.72. The molecule has 2 rings (SSSR count). The van der Waals surface area contributed by atoms with Gasteiger partial charge in [0.25, 0.3) is 0 Å². The smallest absolute Gasteiger partial charge is 0.306 e. The summed E-state index contributed by atoms with van der Waals surface area (Å²) in [5.74, 6) is 3.96. The molecule has 280 valence electrons. The van der Waals surface area contributed by atoms with Crippen molar-refractivity contribution in [3.8, 4) is 0 Å². The molecule has 0 amide bonds. The van der Waals surface area contributed by atoms with Crippen molar-refractivity contribution in [3.63, 3.8) is 0 Å². The minimum Gasteiger partial charge on any atom is -0.466 e. The first-order valence-electron chi connectivity index (χ1n) is 19.9. The second-order valence-electron chi connectivity index (χ2n) is 14.2. The molecule has 0 spiro atoms. The van der Waals surface area contributed by atoms with E-state index in [2.05, 4.69) is 40.7 Å². The molecule has 2 aromatic heterocycles. The number of ether oxygens (including phenoxy) is 2. The Balaban J connectivity index is 1.41. The standard InChI is InChI=1S/C42H70O7/c1-6-8-19-25-36-30-33(3)38(47-36)26-20-15-13-14-17-22-28-41(44)46-32-37(31-43)48-42(45)29-23-18-12-10-9-11-16-21-27-40-35(5)34(4)39(49-40)24-7-2/h30,37,43H,6-29,31-32H2,1-5H3/t37-/m0/s1. The molecule has 2 heterocycles. The van der Waals surface area contributed by atoms with E-state index in [0.717, 1.165) is 107 Å². The maximum atomic E-state index is 12.2. The van der Waals surface area contributed by atoms with Crippen LogP contribution in [0, 0.1) is 20.8 Å². The topological polar surface area (TPSA) is 99.1 Å². The van der Waals surface area contributed by atoms with Crippen LogP contribution in [0.25, 0.3) is 0 Å². The lowest BCUT2D eigenvalue weighted by Crippen LogP contribution is -2.28. The van der Waals surface area contributed by atoms with E-state index in [0.29, 0.717) is 12.8 Å². The lowest BCUT2D eigenvalue weighted by Gasteiger charge is -2.15. The van der Waals surface area contributed by atoms with Gasteiger partial charge in [-0.3, -0.25) is 9.59 Å². The summed E-state index contributed by atoms with van der Waals surface area (Å²) < 4.78 is 22.8. The number of aliphatic hydroxyl groups is 1. The van der Waals surface area contributed by atoms with E-state index in [4.69, 9.17) is 18.3 Å². The van der Waals surface area contributed by atoms with Gasteiger partial charge in [0.2, 0.25) is 0 Å². The molecular weight excluding hydrogens is 616 g/mol. The van der Waals surface area contributed by atoms with Crippen molar-refractivity contribution in [2.75, 3.05) is 13.2 Å². The molecule has 49 heavy (non-hydrogen) atoms. The first kappa shape index (κ1) is 42.6. The number of carbonyl (C=O) groups is 2. The van der Waals surface area contributed by atoms with E-state index in [1.54, 1.807) is 0 Å². The summed E-state index contributed by atoms with van der Waals surface area (Å²) in [4.78, 5) is 24.4. The Morgan fingerprint density at radius 1 is 0.612 bits per heavy atom. The number of unbranched alkanes of at least 4 members (excludes halogenated alkanes) is 14. The quantitative estimate of drug-likeness (QED) is 0.0645. The van der Waals surface area contributed by atoms with Crippen molar-refractivity contribution < 1.29 is 33.0 Å². The second kappa shape index (κ2) is 26.3. The van der Waals surface area contributed by atoms with Crippen molar-refractivity contribution in [2.24, 2.45) is 0 Å². The molecule has 0 saturated heterocycles. The Bertz CT molecular complexity index is 1160. The lowest BCUT2D eigenvalue weighted by molar-refractivity contribution is -0.161. The molecule has 7 nitrogen and oxygen atoms in total. The molecule has 0 bridgehead atoms. The number of hydrogen-bond donors (Lipinski definition) is 1. The van der Waals surface area contributed by atoms with Gasteiger partial charge in [0.1, 0.15) is 29.6 Å². The van der Waals surface area contributed by atoms with Gasteiger partial charge in [-0.2, -0.15) is 0 Å². The van der Waals surface area contributed by atoms with Gasteiger partial charge in [0, 0.05) is 38.5 Å². The zero-order valence-electron chi connectivity index (χ0n) is 31.9. The zero-order valence-corrected chi connectivity index (χ0v) is 31.9. The third kappa shape index (κ3) is 18.3. The van der Waals surface area contributed by atoms with E-state index >= 15 is 0 Å². The Morgan fingerprint density at radius 3 is 1.69 bits per heavy atom. The molecule has 1 atom stereocenters. The SMILES string of the molecule is CCCCCc1cc(C)c(CCCCCCCCC(=O)OC[C@H](CO)OC(=O)CCCCCCCCCCc2oc(CCC)c(C)c2C)o1. The molecule has 2 aromatic rings. The minimum atomic E-state index is -0.797. The molecule has 0 radical (unpaired) electrons. The van der Waals surface area contributed by atoms with Crippen LogP contribution in [0.15, 0.2) is 14.9 Å². The van der Waals surface area contributed by atoms with Crippen LogP contribution in [0.5, 0.6) is 0 Å². The average Bonchev–Trinajstić information content (AvgIpc) is 3.57. The van der Waals surface area contributed by atoms with E-state index in [1.807, 2.05) is 0 Å². The summed E-state index contributed by atoms with van der Waals surface area (Å²) in [6, 6.07) is 2.20. The third-order valence-electron chi connectivity index (χ3n) is 9.72. The second-order valence-corrected chi connectivity index (χ2v) is 14.2. The van der Waals surface area contributed by atoms with E-state index in [1.165, 1.54) is 73.8 Å². The number of hydrogen-bond acceptors (Lipinski definition) is 7. The highest BCUT2D eigenvalue weighted by Gasteiger charge is 2.16. The van der Waals surface area contributed by atoms with Crippen molar-refractivity contribution in [2.45, 2.75) is 195 Å². The first-order chi connectivity index (χ1) is 23.8. The maximum Gasteiger partial charge on any atom is 0.306 e. The van der Waals surface area contributed by atoms with Gasteiger partial charge in [0.05, 0.1) is 6.61 Å². The Labute approximate surface area is 298 Å². The summed E-state index contributed by atoms with van der Waals surface area (Å²) in [5, 5.41) is 9.60.